The maximum Gasteiger partial charge on any atom is 0.243 e. The van der Waals surface area contributed by atoms with E-state index in [2.05, 4.69) is 40.0 Å². The maximum absolute atomic E-state index is 13.1. The lowest BCUT2D eigenvalue weighted by molar-refractivity contribution is -0.115. The number of nitrogens with one attached hydrogen (secondary N) is 3. The van der Waals surface area contributed by atoms with Gasteiger partial charge in [0.2, 0.25) is 5.91 Å². The Bertz CT molecular complexity index is 752. The fourth-order valence-corrected chi connectivity index (χ4v) is 2.41. The van der Waals surface area contributed by atoms with Gasteiger partial charge in [-0.2, -0.15) is 0 Å². The number of rotatable bonds is 6. The summed E-state index contributed by atoms with van der Waals surface area (Å²) >= 11 is 0. The van der Waals surface area contributed by atoms with E-state index in [1.54, 1.807) is 19.2 Å². The highest BCUT2D eigenvalue weighted by atomic mass is 127. The van der Waals surface area contributed by atoms with Gasteiger partial charge in [0.05, 0.1) is 6.54 Å². The topological polar surface area (TPSA) is 65.5 Å². The zero-order valence-corrected chi connectivity index (χ0v) is 17.2. The molecule has 0 spiro atoms. The number of carbonyl (C=O) groups is 1. The molecular formula is C19H24FIN4O. The van der Waals surface area contributed by atoms with E-state index >= 15 is 0 Å². The molecule has 5 nitrogen and oxygen atoms in total. The van der Waals surface area contributed by atoms with Crippen LogP contribution in [0.2, 0.25) is 0 Å². The Hall–Kier alpha value is -2.16. The lowest BCUT2D eigenvalue weighted by atomic mass is 10.1. The molecule has 7 heteroatoms. The quantitative estimate of drug-likeness (QED) is 0.345. The summed E-state index contributed by atoms with van der Waals surface area (Å²) in [6, 6.07) is 14.0. The fourth-order valence-electron chi connectivity index (χ4n) is 2.41. The first-order chi connectivity index (χ1) is 12.1. The normalized spacial score (nSPS) is 10.7. The fraction of sp³-hybridized carbons (Fsp3) is 0.263. The number of hydrogen-bond donors (Lipinski definition) is 3. The Balaban J connectivity index is 0.00000338. The van der Waals surface area contributed by atoms with Crippen molar-refractivity contribution in [2.45, 2.75) is 19.9 Å². The first kappa shape index (κ1) is 21.9. The molecule has 3 N–H and O–H groups in total. The van der Waals surface area contributed by atoms with Gasteiger partial charge >= 0.3 is 0 Å². The molecule has 0 aliphatic heterocycles. The van der Waals surface area contributed by atoms with E-state index in [9.17, 15) is 9.18 Å². The number of aryl methyl sites for hydroxylation is 1. The minimum absolute atomic E-state index is 0. The Morgan fingerprint density at radius 1 is 1.08 bits per heavy atom. The third-order valence-corrected chi connectivity index (χ3v) is 3.69. The standard InChI is InChI=1S/C19H23FN4O.HI/c1-3-14-7-4-5-8-15(14)12-22-19(21-2)23-13-18(25)24-17-10-6-9-16(20)11-17;/h4-11H,3,12-13H2,1-2H3,(H,24,25)(H2,21,22,23);1H. The number of amides is 1. The first-order valence-corrected chi connectivity index (χ1v) is 8.19. The monoisotopic (exact) mass is 470 g/mol. The number of carbonyl (C=O) groups excluding carboxylic acids is 1. The summed E-state index contributed by atoms with van der Waals surface area (Å²) < 4.78 is 13.1. The van der Waals surface area contributed by atoms with E-state index in [4.69, 9.17) is 0 Å². The summed E-state index contributed by atoms with van der Waals surface area (Å²) in [6.07, 6.45) is 0.958. The molecule has 0 radical (unpaired) electrons. The lowest BCUT2D eigenvalue weighted by Gasteiger charge is -2.14. The van der Waals surface area contributed by atoms with Gasteiger partial charge < -0.3 is 16.0 Å². The Morgan fingerprint density at radius 3 is 2.46 bits per heavy atom. The summed E-state index contributed by atoms with van der Waals surface area (Å²) in [6.45, 7) is 2.77. The van der Waals surface area contributed by atoms with E-state index in [1.165, 1.54) is 23.3 Å². The van der Waals surface area contributed by atoms with Crippen molar-refractivity contribution in [3.8, 4) is 0 Å². The van der Waals surface area contributed by atoms with Crippen LogP contribution >= 0.6 is 24.0 Å². The van der Waals surface area contributed by atoms with Gasteiger partial charge in [-0.1, -0.05) is 37.3 Å². The molecule has 2 aromatic carbocycles. The Morgan fingerprint density at radius 2 is 1.81 bits per heavy atom. The third kappa shape index (κ3) is 6.99. The van der Waals surface area contributed by atoms with E-state index in [-0.39, 0.29) is 36.4 Å². The predicted molar refractivity (Wildman–Crippen MR) is 114 cm³/mol. The zero-order valence-electron chi connectivity index (χ0n) is 14.9. The molecule has 0 saturated heterocycles. The summed E-state index contributed by atoms with van der Waals surface area (Å²) in [7, 11) is 1.64. The summed E-state index contributed by atoms with van der Waals surface area (Å²) in [5.74, 6) is -0.138. The largest absolute Gasteiger partial charge is 0.352 e. The van der Waals surface area contributed by atoms with Crippen molar-refractivity contribution in [2.24, 2.45) is 4.99 Å². The molecule has 0 aromatic heterocycles. The van der Waals surface area contributed by atoms with E-state index in [0.29, 0.717) is 18.2 Å². The molecule has 0 aliphatic carbocycles. The highest BCUT2D eigenvalue weighted by Gasteiger charge is 2.06. The van der Waals surface area contributed by atoms with Crippen LogP contribution in [0.15, 0.2) is 53.5 Å². The van der Waals surface area contributed by atoms with Crippen molar-refractivity contribution in [1.29, 1.82) is 0 Å². The van der Waals surface area contributed by atoms with Gasteiger partial charge in [-0.05, 0) is 35.7 Å². The SMILES string of the molecule is CCc1ccccc1CNC(=NC)NCC(=O)Nc1cccc(F)c1.I. The van der Waals surface area contributed by atoms with Crippen molar-refractivity contribution in [2.75, 3.05) is 18.9 Å². The molecule has 1 amide bonds. The lowest BCUT2D eigenvalue weighted by Crippen LogP contribution is -2.41. The van der Waals surface area contributed by atoms with Crippen molar-refractivity contribution < 1.29 is 9.18 Å². The Labute approximate surface area is 170 Å². The first-order valence-electron chi connectivity index (χ1n) is 8.19. The summed E-state index contributed by atoms with van der Waals surface area (Å²) in [4.78, 5) is 16.0. The second kappa shape index (κ2) is 11.5. The molecular weight excluding hydrogens is 446 g/mol. The molecule has 0 unspecified atom stereocenters. The van der Waals surface area contributed by atoms with E-state index in [1.807, 2.05) is 12.1 Å². The third-order valence-electron chi connectivity index (χ3n) is 3.69. The van der Waals surface area contributed by atoms with Gasteiger partial charge in [-0.25, -0.2) is 4.39 Å². The van der Waals surface area contributed by atoms with Gasteiger partial charge in [-0.3, -0.25) is 9.79 Å². The van der Waals surface area contributed by atoms with E-state index in [0.717, 1.165) is 6.42 Å². The van der Waals surface area contributed by atoms with E-state index < -0.39 is 5.82 Å². The average molecular weight is 470 g/mol. The second-order valence-electron chi connectivity index (χ2n) is 5.46. The molecule has 140 valence electrons. The molecule has 0 fully saturated rings. The van der Waals surface area contributed by atoms with Crippen LogP contribution in [-0.2, 0) is 17.8 Å². The van der Waals surface area contributed by atoms with Crippen LogP contribution in [0.1, 0.15) is 18.1 Å². The number of hydrogen-bond acceptors (Lipinski definition) is 2. The van der Waals surface area contributed by atoms with Gasteiger partial charge in [0, 0.05) is 19.3 Å². The number of anilines is 1. The summed E-state index contributed by atoms with van der Waals surface area (Å²) in [5.41, 5.74) is 2.89. The van der Waals surface area contributed by atoms with Crippen LogP contribution in [0.4, 0.5) is 10.1 Å². The average Bonchev–Trinajstić information content (AvgIpc) is 2.62. The minimum Gasteiger partial charge on any atom is -0.352 e. The Kier molecular flexibility index (Phi) is 9.64. The van der Waals surface area contributed by atoms with Crippen LogP contribution in [0.5, 0.6) is 0 Å². The van der Waals surface area contributed by atoms with Crippen LogP contribution in [0.3, 0.4) is 0 Å². The second-order valence-corrected chi connectivity index (χ2v) is 5.46. The molecule has 0 aliphatic rings. The summed E-state index contributed by atoms with van der Waals surface area (Å²) in [5, 5.41) is 8.76. The number of aliphatic imine (C=N–C) groups is 1. The number of halogens is 2. The molecule has 0 saturated carbocycles. The van der Waals surface area contributed by atoms with Gasteiger partial charge in [-0.15, -0.1) is 24.0 Å². The zero-order chi connectivity index (χ0) is 18.1. The smallest absolute Gasteiger partial charge is 0.243 e. The molecule has 2 rings (SSSR count). The van der Waals surface area contributed by atoms with Crippen molar-refractivity contribution in [3.63, 3.8) is 0 Å². The van der Waals surface area contributed by atoms with Gasteiger partial charge in [0.15, 0.2) is 5.96 Å². The predicted octanol–water partition coefficient (Wildman–Crippen LogP) is 3.31. The van der Waals surface area contributed by atoms with Gasteiger partial charge in [0.1, 0.15) is 5.82 Å². The van der Waals surface area contributed by atoms with Crippen LogP contribution in [-0.4, -0.2) is 25.5 Å². The van der Waals surface area contributed by atoms with Crippen molar-refractivity contribution in [3.05, 3.63) is 65.5 Å². The molecule has 0 bridgehead atoms. The molecule has 0 heterocycles. The van der Waals surface area contributed by atoms with Crippen LogP contribution in [0, 0.1) is 5.82 Å². The number of benzene rings is 2. The van der Waals surface area contributed by atoms with Crippen molar-refractivity contribution >= 4 is 41.5 Å². The molecule has 26 heavy (non-hydrogen) atoms. The van der Waals surface area contributed by atoms with Gasteiger partial charge in [0.25, 0.3) is 0 Å². The minimum atomic E-state index is -0.391. The highest BCUT2D eigenvalue weighted by molar-refractivity contribution is 14.0. The highest BCUT2D eigenvalue weighted by Crippen LogP contribution is 2.09. The maximum atomic E-state index is 13.1. The number of nitrogens with zero attached hydrogens (tertiary/aromatic N) is 1. The van der Waals surface area contributed by atoms with Crippen LogP contribution < -0.4 is 16.0 Å². The van der Waals surface area contributed by atoms with Crippen molar-refractivity contribution in [1.82, 2.24) is 10.6 Å². The molecule has 0 atom stereocenters. The molecule has 2 aromatic rings. The van der Waals surface area contributed by atoms with Crippen LogP contribution in [0.25, 0.3) is 0 Å². The number of guanidine groups is 1.